The predicted molar refractivity (Wildman–Crippen MR) is 103 cm³/mol. The SMILES string of the molecule is Nc1ccc(-c2nc(-c3ccnc(N4CCOCC4)c3)cnc2N)cc1. The van der Waals surface area contributed by atoms with Gasteiger partial charge in [-0.25, -0.2) is 15.0 Å². The molecule has 1 aromatic carbocycles. The molecule has 1 aliphatic heterocycles. The maximum Gasteiger partial charge on any atom is 0.150 e. The summed E-state index contributed by atoms with van der Waals surface area (Å²) in [6.45, 7) is 3.10. The van der Waals surface area contributed by atoms with Gasteiger partial charge in [-0.3, -0.25) is 0 Å². The Labute approximate surface area is 151 Å². The van der Waals surface area contributed by atoms with Gasteiger partial charge in [0.2, 0.25) is 0 Å². The van der Waals surface area contributed by atoms with Crippen LogP contribution in [0.15, 0.2) is 48.8 Å². The summed E-state index contributed by atoms with van der Waals surface area (Å²) < 4.78 is 5.41. The highest BCUT2D eigenvalue weighted by molar-refractivity contribution is 5.74. The van der Waals surface area contributed by atoms with Crippen LogP contribution in [0.2, 0.25) is 0 Å². The predicted octanol–water partition coefficient (Wildman–Crippen LogP) is 2.21. The summed E-state index contributed by atoms with van der Waals surface area (Å²) >= 11 is 0. The van der Waals surface area contributed by atoms with Crippen molar-refractivity contribution in [3.05, 3.63) is 48.8 Å². The smallest absolute Gasteiger partial charge is 0.150 e. The molecule has 0 amide bonds. The van der Waals surface area contributed by atoms with Gasteiger partial charge in [-0.15, -0.1) is 0 Å². The van der Waals surface area contributed by atoms with Crippen molar-refractivity contribution in [2.24, 2.45) is 0 Å². The number of hydrogen-bond donors (Lipinski definition) is 2. The molecule has 3 aromatic rings. The number of morpholine rings is 1. The summed E-state index contributed by atoms with van der Waals surface area (Å²) in [5.41, 5.74) is 15.7. The number of pyridine rings is 1. The zero-order valence-corrected chi connectivity index (χ0v) is 14.3. The van der Waals surface area contributed by atoms with Crippen LogP contribution in [0.1, 0.15) is 0 Å². The van der Waals surface area contributed by atoms with Gasteiger partial charge in [0, 0.05) is 36.1 Å². The molecule has 0 saturated carbocycles. The normalized spacial score (nSPS) is 14.4. The van der Waals surface area contributed by atoms with Crippen molar-refractivity contribution in [3.63, 3.8) is 0 Å². The third kappa shape index (κ3) is 3.29. The summed E-state index contributed by atoms with van der Waals surface area (Å²) in [7, 11) is 0. The molecular formula is C19H20N6O. The van der Waals surface area contributed by atoms with E-state index in [0.29, 0.717) is 17.2 Å². The lowest BCUT2D eigenvalue weighted by Crippen LogP contribution is -2.36. The van der Waals surface area contributed by atoms with Gasteiger partial charge in [0.05, 0.1) is 25.1 Å². The van der Waals surface area contributed by atoms with E-state index in [1.807, 2.05) is 36.4 Å². The molecule has 0 spiro atoms. The molecule has 132 valence electrons. The highest BCUT2D eigenvalue weighted by Gasteiger charge is 2.14. The van der Waals surface area contributed by atoms with E-state index in [1.165, 1.54) is 0 Å². The molecule has 2 aromatic heterocycles. The van der Waals surface area contributed by atoms with E-state index >= 15 is 0 Å². The summed E-state index contributed by atoms with van der Waals surface area (Å²) in [6, 6.07) is 11.4. The van der Waals surface area contributed by atoms with Crippen molar-refractivity contribution in [2.75, 3.05) is 42.7 Å². The molecule has 26 heavy (non-hydrogen) atoms. The highest BCUT2D eigenvalue weighted by Crippen LogP contribution is 2.27. The molecule has 0 atom stereocenters. The van der Waals surface area contributed by atoms with Crippen LogP contribution < -0.4 is 16.4 Å². The maximum absolute atomic E-state index is 6.05. The van der Waals surface area contributed by atoms with Gasteiger partial charge in [0.15, 0.2) is 0 Å². The van der Waals surface area contributed by atoms with Gasteiger partial charge >= 0.3 is 0 Å². The van der Waals surface area contributed by atoms with Crippen molar-refractivity contribution < 1.29 is 4.74 Å². The largest absolute Gasteiger partial charge is 0.399 e. The number of rotatable bonds is 3. The summed E-state index contributed by atoms with van der Waals surface area (Å²) in [5, 5.41) is 0. The van der Waals surface area contributed by atoms with E-state index in [-0.39, 0.29) is 0 Å². The first kappa shape index (κ1) is 16.3. The molecule has 4 N–H and O–H groups in total. The van der Waals surface area contributed by atoms with Crippen molar-refractivity contribution in [1.29, 1.82) is 0 Å². The molecule has 0 aliphatic carbocycles. The van der Waals surface area contributed by atoms with Crippen molar-refractivity contribution >= 4 is 17.3 Å². The van der Waals surface area contributed by atoms with Gasteiger partial charge in [-0.05, 0) is 24.3 Å². The Bertz CT molecular complexity index is 906. The number of hydrogen-bond acceptors (Lipinski definition) is 7. The second-order valence-electron chi connectivity index (χ2n) is 6.11. The number of ether oxygens (including phenoxy) is 1. The molecule has 1 saturated heterocycles. The number of anilines is 3. The molecule has 7 heteroatoms. The van der Waals surface area contributed by atoms with Crippen LogP contribution in [-0.2, 0) is 4.74 Å². The monoisotopic (exact) mass is 348 g/mol. The van der Waals surface area contributed by atoms with Crippen LogP contribution in [-0.4, -0.2) is 41.3 Å². The van der Waals surface area contributed by atoms with E-state index in [0.717, 1.165) is 48.9 Å². The zero-order chi connectivity index (χ0) is 17.9. The third-order valence-electron chi connectivity index (χ3n) is 4.36. The molecule has 0 unspecified atom stereocenters. The van der Waals surface area contributed by atoms with E-state index in [1.54, 1.807) is 12.4 Å². The second-order valence-corrected chi connectivity index (χ2v) is 6.11. The van der Waals surface area contributed by atoms with Crippen molar-refractivity contribution in [3.8, 4) is 22.5 Å². The molecule has 4 rings (SSSR count). The highest BCUT2D eigenvalue weighted by atomic mass is 16.5. The van der Waals surface area contributed by atoms with E-state index in [4.69, 9.17) is 21.2 Å². The fourth-order valence-electron chi connectivity index (χ4n) is 2.93. The average Bonchev–Trinajstić information content (AvgIpc) is 2.70. The fourth-order valence-corrected chi connectivity index (χ4v) is 2.93. The zero-order valence-electron chi connectivity index (χ0n) is 14.3. The third-order valence-corrected chi connectivity index (χ3v) is 4.36. The van der Waals surface area contributed by atoms with Gasteiger partial charge in [-0.1, -0.05) is 12.1 Å². The first-order valence-electron chi connectivity index (χ1n) is 8.48. The number of benzene rings is 1. The summed E-state index contributed by atoms with van der Waals surface area (Å²) in [5.74, 6) is 1.31. The topological polar surface area (TPSA) is 103 Å². The molecule has 1 aliphatic rings. The Morgan fingerprint density at radius 2 is 1.69 bits per heavy atom. The van der Waals surface area contributed by atoms with E-state index < -0.39 is 0 Å². The van der Waals surface area contributed by atoms with Crippen LogP contribution >= 0.6 is 0 Å². The van der Waals surface area contributed by atoms with Crippen LogP contribution in [0.5, 0.6) is 0 Å². The van der Waals surface area contributed by atoms with Crippen LogP contribution in [0.4, 0.5) is 17.3 Å². The van der Waals surface area contributed by atoms with E-state index in [2.05, 4.69) is 14.9 Å². The number of nitrogen functional groups attached to an aromatic ring is 2. The molecule has 3 heterocycles. The van der Waals surface area contributed by atoms with E-state index in [9.17, 15) is 0 Å². The Hall–Kier alpha value is -3.19. The molecule has 0 radical (unpaired) electrons. The molecule has 0 bridgehead atoms. The Morgan fingerprint density at radius 1 is 0.923 bits per heavy atom. The van der Waals surface area contributed by atoms with Crippen molar-refractivity contribution in [2.45, 2.75) is 0 Å². The number of nitrogens with zero attached hydrogens (tertiary/aromatic N) is 4. The van der Waals surface area contributed by atoms with Gasteiger partial charge in [0.25, 0.3) is 0 Å². The minimum absolute atomic E-state index is 0.390. The van der Waals surface area contributed by atoms with Gasteiger partial charge < -0.3 is 21.1 Å². The van der Waals surface area contributed by atoms with Crippen LogP contribution in [0.25, 0.3) is 22.5 Å². The summed E-state index contributed by atoms with van der Waals surface area (Å²) in [4.78, 5) is 15.7. The second kappa shape index (κ2) is 6.97. The lowest BCUT2D eigenvalue weighted by molar-refractivity contribution is 0.122. The fraction of sp³-hybridized carbons (Fsp3) is 0.211. The number of nitrogens with two attached hydrogens (primary N) is 2. The Morgan fingerprint density at radius 3 is 2.46 bits per heavy atom. The standard InChI is InChI=1S/C19H20N6O/c20-15-3-1-13(2-4-15)18-19(21)23-12-16(24-18)14-5-6-22-17(11-14)25-7-9-26-10-8-25/h1-6,11-12H,7-10,20H2,(H2,21,23). The lowest BCUT2D eigenvalue weighted by atomic mass is 10.1. The average molecular weight is 348 g/mol. The van der Waals surface area contributed by atoms with Gasteiger partial charge in [-0.2, -0.15) is 0 Å². The number of aromatic nitrogens is 3. The first-order chi connectivity index (χ1) is 12.7. The van der Waals surface area contributed by atoms with Crippen molar-refractivity contribution in [1.82, 2.24) is 15.0 Å². The molecular weight excluding hydrogens is 328 g/mol. The van der Waals surface area contributed by atoms with Crippen LogP contribution in [0.3, 0.4) is 0 Å². The first-order valence-corrected chi connectivity index (χ1v) is 8.48. The Kier molecular flexibility index (Phi) is 4.37. The molecule has 7 nitrogen and oxygen atoms in total. The Balaban J connectivity index is 1.70. The quantitative estimate of drug-likeness (QED) is 0.699. The minimum Gasteiger partial charge on any atom is -0.399 e. The molecule has 1 fully saturated rings. The maximum atomic E-state index is 6.05. The lowest BCUT2D eigenvalue weighted by Gasteiger charge is -2.28. The van der Waals surface area contributed by atoms with Gasteiger partial charge in [0.1, 0.15) is 17.3 Å². The van der Waals surface area contributed by atoms with Crippen LogP contribution in [0, 0.1) is 0 Å². The summed E-state index contributed by atoms with van der Waals surface area (Å²) in [6.07, 6.45) is 3.48. The minimum atomic E-state index is 0.390.